The lowest BCUT2D eigenvalue weighted by Gasteiger charge is -2.22. The van der Waals surface area contributed by atoms with Gasteiger partial charge in [-0.25, -0.2) is 4.98 Å². The number of aromatic nitrogens is 5. The van der Waals surface area contributed by atoms with Crippen LogP contribution in [0.3, 0.4) is 0 Å². The number of carbonyl (C=O) groups is 1. The highest BCUT2D eigenvalue weighted by Crippen LogP contribution is 2.18. The Bertz CT molecular complexity index is 823. The summed E-state index contributed by atoms with van der Waals surface area (Å²) in [6.45, 7) is 4.72. The molecule has 0 saturated carbocycles. The van der Waals surface area contributed by atoms with Crippen LogP contribution in [-0.4, -0.2) is 36.5 Å². The topological polar surface area (TPSA) is 77.6 Å². The highest BCUT2D eigenvalue weighted by Gasteiger charge is 2.21. The average molecular weight is 338 g/mol. The number of aryl methyl sites for hydroxylation is 1. The lowest BCUT2D eigenvalue weighted by molar-refractivity contribution is 0.0909. The van der Waals surface area contributed by atoms with Crippen molar-refractivity contribution in [3.05, 3.63) is 54.7 Å². The van der Waals surface area contributed by atoms with Gasteiger partial charge in [-0.1, -0.05) is 44.2 Å². The summed E-state index contributed by atoms with van der Waals surface area (Å²) in [5.41, 5.74) is 2.30. The van der Waals surface area contributed by atoms with Gasteiger partial charge in [0.25, 0.3) is 5.91 Å². The third kappa shape index (κ3) is 3.93. The van der Waals surface area contributed by atoms with Crippen molar-refractivity contribution in [1.82, 2.24) is 29.9 Å². The molecular weight excluding hydrogens is 316 g/mol. The molecule has 3 rings (SSSR count). The molecule has 25 heavy (non-hydrogen) atoms. The fraction of sp³-hybridized carbons (Fsp3) is 0.333. The second-order valence-corrected chi connectivity index (χ2v) is 6.35. The van der Waals surface area contributed by atoms with E-state index in [0.29, 0.717) is 12.2 Å². The maximum atomic E-state index is 12.7. The third-order valence-corrected chi connectivity index (χ3v) is 4.15. The zero-order valence-corrected chi connectivity index (χ0v) is 14.6. The van der Waals surface area contributed by atoms with Gasteiger partial charge >= 0.3 is 0 Å². The molecule has 0 radical (unpaired) electrons. The van der Waals surface area contributed by atoms with E-state index < -0.39 is 0 Å². The quantitative estimate of drug-likeness (QED) is 0.747. The third-order valence-electron chi connectivity index (χ3n) is 4.15. The second-order valence-electron chi connectivity index (χ2n) is 6.35. The lowest BCUT2D eigenvalue weighted by Crippen LogP contribution is -2.42. The number of nitrogens with one attached hydrogen (secondary N) is 1. The fourth-order valence-electron chi connectivity index (χ4n) is 2.62. The van der Waals surface area contributed by atoms with E-state index in [9.17, 15) is 4.79 Å². The van der Waals surface area contributed by atoms with Crippen LogP contribution < -0.4 is 5.32 Å². The zero-order valence-electron chi connectivity index (χ0n) is 14.6. The van der Waals surface area contributed by atoms with Crippen LogP contribution in [0.2, 0.25) is 0 Å². The molecule has 7 heteroatoms. The minimum atomic E-state index is -0.143. The molecule has 0 saturated heterocycles. The highest BCUT2D eigenvalue weighted by atomic mass is 16.2. The van der Waals surface area contributed by atoms with Crippen LogP contribution in [0.15, 0.2) is 49.1 Å². The Morgan fingerprint density at radius 2 is 2.00 bits per heavy atom. The maximum Gasteiger partial charge on any atom is 0.269 e. The van der Waals surface area contributed by atoms with Crippen LogP contribution in [-0.2, 0) is 13.6 Å². The van der Waals surface area contributed by atoms with E-state index >= 15 is 0 Å². The van der Waals surface area contributed by atoms with Gasteiger partial charge in [0.15, 0.2) is 0 Å². The van der Waals surface area contributed by atoms with Crippen molar-refractivity contribution in [2.75, 3.05) is 0 Å². The predicted octanol–water partition coefficient (Wildman–Crippen LogP) is 2.13. The molecule has 0 unspecified atom stereocenters. The van der Waals surface area contributed by atoms with Crippen molar-refractivity contribution in [3.8, 4) is 11.3 Å². The first kappa shape index (κ1) is 16.9. The van der Waals surface area contributed by atoms with Crippen LogP contribution in [0.25, 0.3) is 11.3 Å². The van der Waals surface area contributed by atoms with E-state index in [1.54, 1.807) is 22.7 Å². The van der Waals surface area contributed by atoms with Crippen molar-refractivity contribution >= 4 is 5.91 Å². The van der Waals surface area contributed by atoms with Crippen LogP contribution in [0, 0.1) is 5.92 Å². The van der Waals surface area contributed by atoms with Gasteiger partial charge in [0.05, 0.1) is 18.3 Å². The molecule has 0 aliphatic rings. The summed E-state index contributed by atoms with van der Waals surface area (Å²) in [6.07, 6.45) is 3.14. The van der Waals surface area contributed by atoms with Gasteiger partial charge in [0, 0.05) is 12.6 Å². The first-order valence-electron chi connectivity index (χ1n) is 8.27. The summed E-state index contributed by atoms with van der Waals surface area (Å²) in [5, 5.41) is 11.7. The van der Waals surface area contributed by atoms with E-state index in [1.165, 1.54) is 6.33 Å². The lowest BCUT2D eigenvalue weighted by atomic mass is 10.0. The molecule has 0 aliphatic carbocycles. The largest absolute Gasteiger partial charge is 0.346 e. The van der Waals surface area contributed by atoms with Crippen molar-refractivity contribution in [2.45, 2.75) is 26.4 Å². The molecule has 2 aromatic heterocycles. The number of amides is 1. The van der Waals surface area contributed by atoms with E-state index in [2.05, 4.69) is 34.3 Å². The van der Waals surface area contributed by atoms with E-state index in [4.69, 9.17) is 0 Å². The Morgan fingerprint density at radius 3 is 2.64 bits per heavy atom. The van der Waals surface area contributed by atoms with Crippen molar-refractivity contribution in [1.29, 1.82) is 0 Å². The summed E-state index contributed by atoms with van der Waals surface area (Å²) >= 11 is 0. The predicted molar refractivity (Wildman–Crippen MR) is 94.8 cm³/mol. The van der Waals surface area contributed by atoms with Gasteiger partial charge in [-0.15, -0.1) is 0 Å². The van der Waals surface area contributed by atoms with Crippen LogP contribution in [0.5, 0.6) is 0 Å². The number of carbonyl (C=O) groups excluding carboxylic acids is 1. The second kappa shape index (κ2) is 7.29. The molecule has 1 aromatic carbocycles. The van der Waals surface area contributed by atoms with E-state index in [0.717, 1.165) is 11.3 Å². The van der Waals surface area contributed by atoms with E-state index in [1.807, 2.05) is 36.4 Å². The van der Waals surface area contributed by atoms with Crippen molar-refractivity contribution < 1.29 is 4.79 Å². The first-order valence-corrected chi connectivity index (χ1v) is 8.27. The van der Waals surface area contributed by atoms with E-state index in [-0.39, 0.29) is 17.9 Å². The molecule has 0 fully saturated rings. The molecule has 1 N–H and O–H groups in total. The fourth-order valence-corrected chi connectivity index (χ4v) is 2.62. The summed E-state index contributed by atoms with van der Waals surface area (Å²) in [5.74, 6) is 0.117. The molecule has 1 amide bonds. The van der Waals surface area contributed by atoms with Gasteiger partial charge in [-0.2, -0.15) is 10.2 Å². The van der Waals surface area contributed by atoms with Gasteiger partial charge in [0.1, 0.15) is 18.3 Å². The minimum absolute atomic E-state index is 0.0516. The molecular formula is C18H22N6O. The SMILES string of the molecule is CC(C)[C@H](Cn1cncn1)NC(=O)c1cc(-c2ccccc2)nn1C. The molecule has 7 nitrogen and oxygen atoms in total. The maximum absolute atomic E-state index is 12.7. The van der Waals surface area contributed by atoms with Crippen LogP contribution in [0.4, 0.5) is 0 Å². The Kier molecular flexibility index (Phi) is 4.92. The summed E-state index contributed by atoms with van der Waals surface area (Å²) in [4.78, 5) is 16.7. The molecule has 0 aliphatic heterocycles. The molecule has 0 spiro atoms. The van der Waals surface area contributed by atoms with Gasteiger partial charge < -0.3 is 5.32 Å². The van der Waals surface area contributed by atoms with Gasteiger partial charge in [0.2, 0.25) is 0 Å². The normalized spacial score (nSPS) is 12.3. The Hall–Kier alpha value is -2.96. The monoisotopic (exact) mass is 338 g/mol. The summed E-state index contributed by atoms with van der Waals surface area (Å²) < 4.78 is 3.34. The molecule has 1 atom stereocenters. The molecule has 130 valence electrons. The summed E-state index contributed by atoms with van der Waals surface area (Å²) in [6, 6.07) is 11.6. The molecule has 3 aromatic rings. The molecule has 2 heterocycles. The Balaban J connectivity index is 1.77. The number of hydrogen-bond donors (Lipinski definition) is 1. The first-order chi connectivity index (χ1) is 12.0. The highest BCUT2D eigenvalue weighted by molar-refractivity contribution is 5.93. The average Bonchev–Trinajstić information content (AvgIpc) is 3.24. The zero-order chi connectivity index (χ0) is 17.8. The van der Waals surface area contributed by atoms with Gasteiger partial charge in [-0.3, -0.25) is 14.2 Å². The van der Waals surface area contributed by atoms with Crippen molar-refractivity contribution in [2.24, 2.45) is 13.0 Å². The number of benzene rings is 1. The minimum Gasteiger partial charge on any atom is -0.346 e. The standard InChI is InChI=1S/C18H22N6O/c1-13(2)16(10-24-12-19-11-20-24)21-18(25)17-9-15(22-23(17)3)14-7-5-4-6-8-14/h4-9,11-13,16H,10H2,1-3H3,(H,21,25)/t16-/m0/s1. The Morgan fingerprint density at radius 1 is 1.24 bits per heavy atom. The molecule has 0 bridgehead atoms. The van der Waals surface area contributed by atoms with Crippen LogP contribution in [0.1, 0.15) is 24.3 Å². The number of rotatable bonds is 6. The van der Waals surface area contributed by atoms with Gasteiger partial charge in [-0.05, 0) is 12.0 Å². The number of hydrogen-bond acceptors (Lipinski definition) is 4. The van der Waals surface area contributed by atoms with Crippen molar-refractivity contribution in [3.63, 3.8) is 0 Å². The Labute approximate surface area is 146 Å². The van der Waals surface area contributed by atoms with Crippen LogP contribution >= 0.6 is 0 Å². The smallest absolute Gasteiger partial charge is 0.269 e. The number of nitrogens with zero attached hydrogens (tertiary/aromatic N) is 5. The summed E-state index contributed by atoms with van der Waals surface area (Å²) in [7, 11) is 1.78.